The van der Waals surface area contributed by atoms with E-state index in [2.05, 4.69) is 140 Å². The molecule has 0 aromatic heterocycles. The molecule has 7 aromatic carbocycles. The van der Waals surface area contributed by atoms with Crippen molar-refractivity contribution in [3.8, 4) is 44.5 Å². The summed E-state index contributed by atoms with van der Waals surface area (Å²) in [5, 5.41) is 3.49. The van der Waals surface area contributed by atoms with Crippen molar-refractivity contribution in [2.45, 2.75) is 5.41 Å². The Morgan fingerprint density at radius 3 is 1.62 bits per heavy atom. The van der Waals surface area contributed by atoms with E-state index in [-0.39, 0.29) is 5.41 Å². The largest absolute Gasteiger partial charge is 0.319 e. The molecule has 214 valence electrons. The second kappa shape index (κ2) is 9.51. The third-order valence-corrected chi connectivity index (χ3v) is 11.6. The van der Waals surface area contributed by atoms with E-state index in [4.69, 9.17) is 0 Å². The molecule has 0 bridgehead atoms. The van der Waals surface area contributed by atoms with Gasteiger partial charge in [-0.15, -0.1) is 0 Å². The molecule has 1 nitrogen and oxygen atoms in total. The van der Waals surface area contributed by atoms with Crippen LogP contribution in [0.2, 0.25) is 0 Å². The first-order valence-corrected chi connectivity index (χ1v) is 18.2. The molecule has 1 spiro atoms. The molecule has 0 amide bonds. The average molecular weight is 595 g/mol. The minimum atomic E-state index is -2.27. The average Bonchev–Trinajstić information content (AvgIpc) is 3.55. The summed E-state index contributed by atoms with van der Waals surface area (Å²) in [6, 6.07) is 55.6. The van der Waals surface area contributed by atoms with E-state index < -0.39 is 7.14 Å². The van der Waals surface area contributed by atoms with Gasteiger partial charge in [-0.1, -0.05) is 146 Å². The quantitative estimate of drug-likeness (QED) is 0.186. The summed E-state index contributed by atoms with van der Waals surface area (Å²) in [4.78, 5) is 0. The molecule has 0 saturated heterocycles. The lowest BCUT2D eigenvalue weighted by molar-refractivity contribution is 0.588. The van der Waals surface area contributed by atoms with Gasteiger partial charge in [0, 0.05) is 5.30 Å². The first kappa shape index (κ1) is 26.4. The Bertz CT molecular complexity index is 2310. The molecule has 0 unspecified atom stereocenters. The Morgan fingerprint density at radius 2 is 0.978 bits per heavy atom. The van der Waals surface area contributed by atoms with Crippen LogP contribution in [0.3, 0.4) is 0 Å². The van der Waals surface area contributed by atoms with Crippen molar-refractivity contribution in [2.24, 2.45) is 0 Å². The lowest BCUT2D eigenvalue weighted by atomic mass is 9.70. The van der Waals surface area contributed by atoms with Gasteiger partial charge in [0.2, 0.25) is 0 Å². The van der Waals surface area contributed by atoms with Crippen LogP contribution in [0, 0.1) is 0 Å². The molecule has 0 fully saturated rings. The highest BCUT2D eigenvalue weighted by molar-refractivity contribution is 7.70. The molecule has 9 rings (SSSR count). The fraction of sp³-hybridized carbons (Fsp3) is 0.0698. The van der Waals surface area contributed by atoms with E-state index in [1.807, 2.05) is 25.5 Å². The van der Waals surface area contributed by atoms with Gasteiger partial charge in [-0.05, 0) is 96.9 Å². The van der Waals surface area contributed by atoms with Crippen molar-refractivity contribution in [1.29, 1.82) is 0 Å². The molecule has 0 saturated carbocycles. The number of hydrogen-bond donors (Lipinski definition) is 0. The van der Waals surface area contributed by atoms with Crippen molar-refractivity contribution in [2.75, 3.05) is 13.3 Å². The zero-order valence-electron chi connectivity index (χ0n) is 25.3. The maximum atomic E-state index is 12.5. The molecule has 0 radical (unpaired) electrons. The number of rotatable bonds is 3. The maximum Gasteiger partial charge on any atom is 0.109 e. The second-order valence-electron chi connectivity index (χ2n) is 12.8. The number of benzene rings is 7. The Morgan fingerprint density at radius 1 is 0.444 bits per heavy atom. The van der Waals surface area contributed by atoms with Gasteiger partial charge in [-0.2, -0.15) is 0 Å². The third-order valence-electron chi connectivity index (χ3n) is 10.0. The van der Waals surface area contributed by atoms with Gasteiger partial charge in [0.25, 0.3) is 0 Å². The van der Waals surface area contributed by atoms with E-state index in [1.165, 1.54) is 66.4 Å². The van der Waals surface area contributed by atoms with Crippen LogP contribution in [0.1, 0.15) is 22.3 Å². The monoisotopic (exact) mass is 594 g/mol. The first-order valence-electron chi connectivity index (χ1n) is 15.6. The summed E-state index contributed by atoms with van der Waals surface area (Å²) in [5.41, 5.74) is 15.1. The lowest BCUT2D eigenvalue weighted by Gasteiger charge is -2.30. The van der Waals surface area contributed by atoms with Crippen LogP contribution in [-0.4, -0.2) is 13.3 Å². The highest BCUT2D eigenvalue weighted by Gasteiger charge is 2.52. The molecular formula is C43H31OP. The van der Waals surface area contributed by atoms with Crippen molar-refractivity contribution < 1.29 is 4.57 Å². The molecular weight excluding hydrogens is 563 g/mol. The minimum Gasteiger partial charge on any atom is -0.319 e. The molecule has 2 aliphatic carbocycles. The van der Waals surface area contributed by atoms with Crippen LogP contribution >= 0.6 is 7.14 Å². The zero-order chi connectivity index (χ0) is 30.3. The van der Waals surface area contributed by atoms with Gasteiger partial charge >= 0.3 is 0 Å². The number of fused-ring (bicyclic) bond motifs is 12. The summed E-state index contributed by atoms with van der Waals surface area (Å²) in [5.74, 6) is 0. The minimum absolute atomic E-state index is 0.377. The summed E-state index contributed by atoms with van der Waals surface area (Å²) in [7, 11) is -2.27. The molecule has 0 heterocycles. The molecule has 0 N–H and O–H groups in total. The van der Waals surface area contributed by atoms with Crippen molar-refractivity contribution in [1.82, 2.24) is 0 Å². The highest BCUT2D eigenvalue weighted by atomic mass is 31.2. The predicted molar refractivity (Wildman–Crippen MR) is 190 cm³/mol. The molecule has 45 heavy (non-hydrogen) atoms. The fourth-order valence-electron chi connectivity index (χ4n) is 7.95. The number of hydrogen-bond acceptors (Lipinski definition) is 1. The molecule has 7 aromatic rings. The van der Waals surface area contributed by atoms with E-state index in [0.29, 0.717) is 0 Å². The van der Waals surface area contributed by atoms with Gasteiger partial charge in [-0.25, -0.2) is 0 Å². The Kier molecular flexibility index (Phi) is 5.59. The molecule has 2 aliphatic rings. The van der Waals surface area contributed by atoms with Crippen molar-refractivity contribution in [3.63, 3.8) is 0 Å². The lowest BCUT2D eigenvalue weighted by Crippen LogP contribution is -2.25. The van der Waals surface area contributed by atoms with E-state index in [0.717, 1.165) is 16.4 Å². The smallest absolute Gasteiger partial charge is 0.109 e. The Labute approximate surface area is 264 Å². The standard InChI is InChI=1S/C43H31OP/c1-45(2,44)33-23-19-29(20-24-33)28-15-17-30(18-16-28)32-21-25-37-41(27-32)43(40-26-22-31-9-3-4-10-34(31)42(37)40)38-13-7-5-11-35(38)36-12-6-8-14-39(36)43/h3-27H,1-2H3. The van der Waals surface area contributed by atoms with Crippen LogP contribution in [0.5, 0.6) is 0 Å². The molecule has 0 atom stereocenters. The zero-order valence-corrected chi connectivity index (χ0v) is 26.2. The van der Waals surface area contributed by atoms with Gasteiger partial charge in [0.1, 0.15) is 7.14 Å². The van der Waals surface area contributed by atoms with Crippen molar-refractivity contribution >= 4 is 23.2 Å². The van der Waals surface area contributed by atoms with E-state index in [1.54, 1.807) is 0 Å². The van der Waals surface area contributed by atoms with E-state index in [9.17, 15) is 4.57 Å². The normalized spacial score (nSPS) is 13.8. The first-order chi connectivity index (χ1) is 21.9. The van der Waals surface area contributed by atoms with Crippen LogP contribution < -0.4 is 5.30 Å². The van der Waals surface area contributed by atoms with Gasteiger partial charge in [0.05, 0.1) is 5.41 Å². The van der Waals surface area contributed by atoms with Gasteiger partial charge in [0.15, 0.2) is 0 Å². The highest BCUT2D eigenvalue weighted by Crippen LogP contribution is 2.64. The molecule has 2 heteroatoms. The van der Waals surface area contributed by atoms with Crippen LogP contribution in [-0.2, 0) is 9.98 Å². The van der Waals surface area contributed by atoms with Crippen LogP contribution in [0.15, 0.2) is 152 Å². The SMILES string of the molecule is CP(C)(=O)c1ccc(-c2ccc(-c3ccc4c(c3)C3(c5ccccc5-c5ccccc53)c3ccc5ccccc5c3-4)cc2)cc1. The van der Waals surface area contributed by atoms with Crippen LogP contribution in [0.25, 0.3) is 55.3 Å². The fourth-order valence-corrected chi connectivity index (χ4v) is 8.82. The summed E-state index contributed by atoms with van der Waals surface area (Å²) in [6.07, 6.45) is 0. The van der Waals surface area contributed by atoms with Crippen molar-refractivity contribution in [3.05, 3.63) is 174 Å². The Hall–Kier alpha value is -4.97. The summed E-state index contributed by atoms with van der Waals surface area (Å²) in [6.45, 7) is 3.64. The van der Waals surface area contributed by atoms with Crippen LogP contribution in [0.4, 0.5) is 0 Å². The van der Waals surface area contributed by atoms with E-state index >= 15 is 0 Å². The topological polar surface area (TPSA) is 17.1 Å². The Balaban J connectivity index is 1.25. The second-order valence-corrected chi connectivity index (χ2v) is 16.0. The third kappa shape index (κ3) is 3.71. The predicted octanol–water partition coefficient (Wildman–Crippen LogP) is 10.8. The van der Waals surface area contributed by atoms with Gasteiger partial charge in [-0.3, -0.25) is 0 Å². The summed E-state index contributed by atoms with van der Waals surface area (Å²) >= 11 is 0. The maximum absolute atomic E-state index is 12.5. The van der Waals surface area contributed by atoms with Gasteiger partial charge < -0.3 is 4.57 Å². The molecule has 0 aliphatic heterocycles. The summed E-state index contributed by atoms with van der Waals surface area (Å²) < 4.78 is 12.5.